The van der Waals surface area contributed by atoms with Crippen molar-refractivity contribution in [3.8, 4) is 5.75 Å². The summed E-state index contributed by atoms with van der Waals surface area (Å²) in [6.07, 6.45) is -4.31. The number of anilines is 1. The lowest BCUT2D eigenvalue weighted by Gasteiger charge is -2.32. The van der Waals surface area contributed by atoms with Gasteiger partial charge in [0.25, 0.3) is 0 Å². The topological polar surface area (TPSA) is 45.3 Å². The number of halogens is 4. The molecule has 21 heavy (non-hydrogen) atoms. The average Bonchev–Trinajstić information content (AvgIpc) is 2.36. The third-order valence-corrected chi connectivity index (χ3v) is 3.51. The normalized spacial score (nSPS) is 15.0. The number of nitrogens with one attached hydrogen (secondary N) is 1. The Morgan fingerprint density at radius 2 is 2.14 bits per heavy atom. The van der Waals surface area contributed by atoms with Crippen LogP contribution < -0.4 is 15.2 Å². The second-order valence-electron chi connectivity index (χ2n) is 4.70. The fourth-order valence-electron chi connectivity index (χ4n) is 2.42. The number of benzene rings is 1. The second kappa shape index (κ2) is 4.84. The number of H-pyrrole nitrogens is 1. The van der Waals surface area contributed by atoms with E-state index >= 15 is 0 Å². The molecule has 1 aliphatic heterocycles. The smallest absolute Gasteiger partial charge is 0.405 e. The summed E-state index contributed by atoms with van der Waals surface area (Å²) in [5.74, 6) is 0.268. The highest BCUT2D eigenvalue weighted by Gasteiger charge is 2.33. The minimum Gasteiger partial charge on any atom is -0.489 e. The third kappa shape index (κ3) is 2.65. The van der Waals surface area contributed by atoms with Crippen molar-refractivity contribution in [2.45, 2.75) is 6.18 Å². The van der Waals surface area contributed by atoms with E-state index in [1.807, 2.05) is 0 Å². The molecule has 3 rings (SSSR count). The van der Waals surface area contributed by atoms with Crippen LogP contribution >= 0.6 is 11.6 Å². The van der Waals surface area contributed by atoms with Gasteiger partial charge >= 0.3 is 6.18 Å². The van der Waals surface area contributed by atoms with Crippen molar-refractivity contribution in [2.75, 3.05) is 24.6 Å². The number of alkyl halides is 3. The maximum Gasteiger partial charge on any atom is 0.405 e. The molecule has 8 heteroatoms. The predicted octanol–water partition coefficient (Wildman–Crippen LogP) is 2.94. The Bertz CT molecular complexity index is 757. The van der Waals surface area contributed by atoms with Gasteiger partial charge in [-0.3, -0.25) is 4.79 Å². The van der Waals surface area contributed by atoms with Crippen LogP contribution in [0.25, 0.3) is 10.9 Å². The number of aromatic nitrogens is 1. The number of hydrogen-bond acceptors (Lipinski definition) is 3. The molecule has 112 valence electrons. The number of hydrogen-bond donors (Lipinski definition) is 1. The molecule has 0 unspecified atom stereocenters. The van der Waals surface area contributed by atoms with Gasteiger partial charge in [0.2, 0.25) is 5.56 Å². The Kier molecular flexibility index (Phi) is 3.24. The maximum atomic E-state index is 12.6. The van der Waals surface area contributed by atoms with Gasteiger partial charge in [-0.1, -0.05) is 11.6 Å². The van der Waals surface area contributed by atoms with Crippen LogP contribution in [0.4, 0.5) is 18.9 Å². The van der Waals surface area contributed by atoms with E-state index < -0.39 is 12.7 Å². The van der Waals surface area contributed by atoms with Crippen LogP contribution in [0.15, 0.2) is 23.0 Å². The van der Waals surface area contributed by atoms with E-state index in [-0.39, 0.29) is 29.5 Å². The molecule has 0 bridgehead atoms. The van der Waals surface area contributed by atoms with Gasteiger partial charge in [0.15, 0.2) is 5.75 Å². The quantitative estimate of drug-likeness (QED) is 0.879. The molecule has 1 aliphatic rings. The van der Waals surface area contributed by atoms with Gasteiger partial charge in [0.05, 0.1) is 28.2 Å². The van der Waals surface area contributed by atoms with Crippen LogP contribution in [-0.2, 0) is 0 Å². The first-order valence-electron chi connectivity index (χ1n) is 6.15. The molecule has 1 aromatic carbocycles. The molecule has 0 atom stereocenters. The largest absolute Gasteiger partial charge is 0.489 e. The first kappa shape index (κ1) is 14.1. The third-order valence-electron chi connectivity index (χ3n) is 3.21. The summed E-state index contributed by atoms with van der Waals surface area (Å²) in [5, 5.41) is 0.570. The molecule has 4 nitrogen and oxygen atoms in total. The summed E-state index contributed by atoms with van der Waals surface area (Å²) in [6, 6.07) is 4.20. The Morgan fingerprint density at radius 1 is 1.38 bits per heavy atom. The second-order valence-corrected chi connectivity index (χ2v) is 5.11. The molecule has 1 N–H and O–H groups in total. The molecule has 0 aliphatic carbocycles. The van der Waals surface area contributed by atoms with Gasteiger partial charge in [-0.15, -0.1) is 0 Å². The number of nitrogens with zero attached hydrogens (tertiary/aromatic N) is 1. The van der Waals surface area contributed by atoms with Crippen LogP contribution in [0.2, 0.25) is 5.02 Å². The van der Waals surface area contributed by atoms with E-state index in [0.29, 0.717) is 16.6 Å². The highest BCUT2D eigenvalue weighted by Crippen LogP contribution is 2.41. The van der Waals surface area contributed by atoms with E-state index in [2.05, 4.69) is 4.98 Å². The number of fused-ring (bicyclic) bond motifs is 3. The molecule has 0 fully saturated rings. The van der Waals surface area contributed by atoms with Crippen LogP contribution in [0.1, 0.15) is 0 Å². The minimum atomic E-state index is -4.31. The standard InChI is InChI=1S/C13H10ClF3N2O2/c14-7-5-10(20)18-8-1-2-9-12(11(7)8)21-4-3-19(9)6-13(15,16)17/h1-2,5H,3-4,6H2,(H,18,20). The van der Waals surface area contributed by atoms with E-state index in [0.717, 1.165) is 0 Å². The van der Waals surface area contributed by atoms with Crippen LogP contribution in [0.5, 0.6) is 5.75 Å². The Labute approximate surface area is 122 Å². The van der Waals surface area contributed by atoms with Crippen molar-refractivity contribution in [3.05, 3.63) is 33.6 Å². The van der Waals surface area contributed by atoms with Crippen molar-refractivity contribution in [1.29, 1.82) is 0 Å². The van der Waals surface area contributed by atoms with Crippen molar-refractivity contribution >= 4 is 28.2 Å². The van der Waals surface area contributed by atoms with Crippen LogP contribution in [0.3, 0.4) is 0 Å². The fourth-order valence-corrected chi connectivity index (χ4v) is 2.71. The first-order valence-corrected chi connectivity index (χ1v) is 6.53. The first-order chi connectivity index (χ1) is 9.85. The molecule has 1 aromatic heterocycles. The number of ether oxygens (including phenoxy) is 1. The summed E-state index contributed by atoms with van der Waals surface area (Å²) in [4.78, 5) is 15.2. The monoisotopic (exact) mass is 318 g/mol. The molecule has 2 aromatic rings. The van der Waals surface area contributed by atoms with Crippen LogP contribution in [0, 0.1) is 0 Å². The fraction of sp³-hybridized carbons (Fsp3) is 0.308. The van der Waals surface area contributed by atoms with Crippen molar-refractivity contribution in [1.82, 2.24) is 4.98 Å². The summed E-state index contributed by atoms with van der Waals surface area (Å²) in [7, 11) is 0. The highest BCUT2D eigenvalue weighted by atomic mass is 35.5. The van der Waals surface area contributed by atoms with Crippen molar-refractivity contribution in [2.24, 2.45) is 0 Å². The predicted molar refractivity (Wildman–Crippen MR) is 73.3 cm³/mol. The Morgan fingerprint density at radius 3 is 2.86 bits per heavy atom. The summed E-state index contributed by atoms with van der Waals surface area (Å²) in [6.45, 7) is -0.799. The summed E-state index contributed by atoms with van der Waals surface area (Å²) >= 11 is 6.04. The molecular weight excluding hydrogens is 309 g/mol. The number of pyridine rings is 1. The van der Waals surface area contributed by atoms with Gasteiger partial charge in [-0.25, -0.2) is 0 Å². The van der Waals surface area contributed by atoms with E-state index in [4.69, 9.17) is 16.3 Å². The lowest BCUT2D eigenvalue weighted by molar-refractivity contribution is -0.120. The molecular formula is C13H10ClF3N2O2. The number of rotatable bonds is 1. The highest BCUT2D eigenvalue weighted by molar-refractivity contribution is 6.36. The Balaban J connectivity index is 2.17. The van der Waals surface area contributed by atoms with Gasteiger partial charge in [-0.05, 0) is 12.1 Å². The van der Waals surface area contributed by atoms with Crippen molar-refractivity contribution in [3.63, 3.8) is 0 Å². The zero-order chi connectivity index (χ0) is 15.2. The zero-order valence-corrected chi connectivity index (χ0v) is 11.4. The molecule has 0 spiro atoms. The van der Waals surface area contributed by atoms with E-state index in [1.54, 1.807) is 0 Å². The van der Waals surface area contributed by atoms with Crippen molar-refractivity contribution < 1.29 is 17.9 Å². The summed E-state index contributed by atoms with van der Waals surface area (Å²) < 4.78 is 43.4. The molecule has 0 amide bonds. The lowest BCUT2D eigenvalue weighted by atomic mass is 10.1. The summed E-state index contributed by atoms with van der Waals surface area (Å²) in [5.41, 5.74) is 0.371. The maximum absolute atomic E-state index is 12.6. The average molecular weight is 319 g/mol. The SMILES string of the molecule is O=c1cc(Cl)c2c3c(ccc2[nH]1)N(CC(F)(F)F)CCO3. The molecule has 0 saturated heterocycles. The van der Waals surface area contributed by atoms with Gasteiger partial charge in [0.1, 0.15) is 13.2 Å². The van der Waals surface area contributed by atoms with E-state index in [9.17, 15) is 18.0 Å². The van der Waals surface area contributed by atoms with E-state index in [1.165, 1.54) is 23.1 Å². The molecule has 2 heterocycles. The van der Waals surface area contributed by atoms with Gasteiger partial charge in [0, 0.05) is 6.07 Å². The van der Waals surface area contributed by atoms with Crippen LogP contribution in [-0.4, -0.2) is 30.9 Å². The number of aromatic amines is 1. The Hall–Kier alpha value is -1.89. The zero-order valence-electron chi connectivity index (χ0n) is 10.6. The van der Waals surface area contributed by atoms with Gasteiger partial charge in [-0.2, -0.15) is 13.2 Å². The lowest BCUT2D eigenvalue weighted by Crippen LogP contribution is -2.39. The van der Waals surface area contributed by atoms with Gasteiger partial charge < -0.3 is 14.6 Å². The molecule has 0 radical (unpaired) electrons. The molecule has 0 saturated carbocycles. The minimum absolute atomic E-state index is 0.123.